The van der Waals surface area contributed by atoms with Crippen molar-refractivity contribution in [3.05, 3.63) is 65.7 Å². The predicted octanol–water partition coefficient (Wildman–Crippen LogP) is 3.01. The van der Waals surface area contributed by atoms with Crippen molar-refractivity contribution in [2.45, 2.75) is 6.92 Å². The van der Waals surface area contributed by atoms with Gasteiger partial charge < -0.3 is 14.2 Å². The Balaban J connectivity index is 1.42. The number of hydrogen-bond acceptors (Lipinski definition) is 5. The summed E-state index contributed by atoms with van der Waals surface area (Å²) in [5.74, 6) is 0.595. The van der Waals surface area contributed by atoms with E-state index in [1.807, 2.05) is 71.3 Å². The standard InChI is InChI=1S/C20H20N4O2/c1-15-7-5-6-10-17(15)19(25)23-11-13-24(14-12-23)20-22-21-18(26-20)16-8-3-2-4-9-16/h2-10H,11-14H2,1H3. The molecule has 0 N–H and O–H groups in total. The predicted molar refractivity (Wildman–Crippen MR) is 99.0 cm³/mol. The van der Waals surface area contributed by atoms with Gasteiger partial charge in [0.2, 0.25) is 5.89 Å². The summed E-state index contributed by atoms with van der Waals surface area (Å²) >= 11 is 0. The van der Waals surface area contributed by atoms with E-state index in [1.165, 1.54) is 0 Å². The third-order valence-electron chi connectivity index (χ3n) is 4.65. The van der Waals surface area contributed by atoms with Gasteiger partial charge in [-0.25, -0.2) is 0 Å². The highest BCUT2D eigenvalue weighted by Crippen LogP contribution is 2.23. The molecule has 3 aromatic rings. The van der Waals surface area contributed by atoms with E-state index in [4.69, 9.17) is 4.42 Å². The third-order valence-corrected chi connectivity index (χ3v) is 4.65. The van der Waals surface area contributed by atoms with Gasteiger partial charge in [0.1, 0.15) is 0 Å². The number of hydrogen-bond donors (Lipinski definition) is 0. The first-order valence-electron chi connectivity index (χ1n) is 8.71. The molecule has 0 bridgehead atoms. The molecule has 1 aliphatic heterocycles. The van der Waals surface area contributed by atoms with Crippen molar-refractivity contribution in [2.75, 3.05) is 31.1 Å². The quantitative estimate of drug-likeness (QED) is 0.728. The number of amides is 1. The van der Waals surface area contributed by atoms with Crippen LogP contribution in [0.5, 0.6) is 0 Å². The maximum atomic E-state index is 12.7. The maximum absolute atomic E-state index is 12.7. The average molecular weight is 348 g/mol. The SMILES string of the molecule is Cc1ccccc1C(=O)N1CCN(c2nnc(-c3ccccc3)o2)CC1. The second kappa shape index (κ2) is 7.00. The Kier molecular flexibility index (Phi) is 4.39. The number of benzene rings is 2. The summed E-state index contributed by atoms with van der Waals surface area (Å²) in [6.45, 7) is 4.58. The molecule has 1 fully saturated rings. The van der Waals surface area contributed by atoms with Gasteiger partial charge in [0.15, 0.2) is 0 Å². The van der Waals surface area contributed by atoms with Gasteiger partial charge in [0, 0.05) is 37.3 Å². The molecule has 26 heavy (non-hydrogen) atoms. The fourth-order valence-electron chi connectivity index (χ4n) is 3.12. The lowest BCUT2D eigenvalue weighted by atomic mass is 10.1. The van der Waals surface area contributed by atoms with Crippen LogP contribution in [-0.4, -0.2) is 47.2 Å². The highest BCUT2D eigenvalue weighted by molar-refractivity contribution is 5.95. The molecule has 1 aromatic heterocycles. The van der Waals surface area contributed by atoms with E-state index >= 15 is 0 Å². The number of nitrogens with zero attached hydrogens (tertiary/aromatic N) is 4. The van der Waals surface area contributed by atoms with Crippen LogP contribution in [-0.2, 0) is 0 Å². The maximum Gasteiger partial charge on any atom is 0.318 e. The lowest BCUT2D eigenvalue weighted by Crippen LogP contribution is -2.49. The summed E-state index contributed by atoms with van der Waals surface area (Å²) in [5, 5.41) is 8.30. The molecule has 0 unspecified atom stereocenters. The molecular formula is C20H20N4O2. The van der Waals surface area contributed by atoms with Crippen molar-refractivity contribution in [2.24, 2.45) is 0 Å². The number of aromatic nitrogens is 2. The summed E-state index contributed by atoms with van der Waals surface area (Å²) in [4.78, 5) is 16.6. The van der Waals surface area contributed by atoms with Crippen molar-refractivity contribution >= 4 is 11.9 Å². The summed E-state index contributed by atoms with van der Waals surface area (Å²) < 4.78 is 5.81. The Morgan fingerprint density at radius 1 is 0.923 bits per heavy atom. The molecule has 0 atom stereocenters. The van der Waals surface area contributed by atoms with Crippen molar-refractivity contribution in [1.29, 1.82) is 0 Å². The zero-order valence-corrected chi connectivity index (χ0v) is 14.6. The molecule has 1 amide bonds. The summed E-state index contributed by atoms with van der Waals surface area (Å²) in [6, 6.07) is 17.9. The van der Waals surface area contributed by atoms with Gasteiger partial charge >= 0.3 is 6.01 Å². The van der Waals surface area contributed by atoms with Crippen molar-refractivity contribution in [3.8, 4) is 11.5 Å². The summed E-state index contributed by atoms with van der Waals surface area (Å²) in [5.41, 5.74) is 2.68. The first-order valence-corrected chi connectivity index (χ1v) is 8.71. The van der Waals surface area contributed by atoms with E-state index in [2.05, 4.69) is 10.2 Å². The Hall–Kier alpha value is -3.15. The lowest BCUT2D eigenvalue weighted by molar-refractivity contribution is 0.0744. The van der Waals surface area contributed by atoms with Crippen molar-refractivity contribution < 1.29 is 9.21 Å². The van der Waals surface area contributed by atoms with Gasteiger partial charge in [-0.2, -0.15) is 0 Å². The van der Waals surface area contributed by atoms with Crippen molar-refractivity contribution in [1.82, 2.24) is 15.1 Å². The van der Waals surface area contributed by atoms with Gasteiger partial charge in [-0.15, -0.1) is 5.10 Å². The van der Waals surface area contributed by atoms with Crippen LogP contribution < -0.4 is 4.90 Å². The molecule has 0 aliphatic carbocycles. The molecule has 6 heteroatoms. The monoisotopic (exact) mass is 348 g/mol. The van der Waals surface area contributed by atoms with Gasteiger partial charge in [-0.05, 0) is 30.7 Å². The fraction of sp³-hybridized carbons (Fsp3) is 0.250. The number of rotatable bonds is 3. The molecule has 1 aliphatic rings. The second-order valence-corrected chi connectivity index (χ2v) is 6.35. The van der Waals surface area contributed by atoms with E-state index < -0.39 is 0 Å². The van der Waals surface area contributed by atoms with Crippen LogP contribution in [0.1, 0.15) is 15.9 Å². The molecule has 2 aromatic carbocycles. The minimum absolute atomic E-state index is 0.0817. The Morgan fingerprint density at radius 3 is 2.35 bits per heavy atom. The second-order valence-electron chi connectivity index (χ2n) is 6.35. The number of anilines is 1. The molecule has 4 rings (SSSR count). The van der Waals surface area contributed by atoms with Gasteiger partial charge in [0.25, 0.3) is 5.91 Å². The number of piperazine rings is 1. The molecular weight excluding hydrogens is 328 g/mol. The van der Waals surface area contributed by atoms with Crippen LogP contribution in [0, 0.1) is 6.92 Å². The lowest BCUT2D eigenvalue weighted by Gasteiger charge is -2.33. The third kappa shape index (κ3) is 3.18. The molecule has 6 nitrogen and oxygen atoms in total. The minimum Gasteiger partial charge on any atom is -0.403 e. The van der Waals surface area contributed by atoms with Crippen molar-refractivity contribution in [3.63, 3.8) is 0 Å². The molecule has 2 heterocycles. The first kappa shape index (κ1) is 16.3. The van der Waals surface area contributed by atoms with Crippen LogP contribution >= 0.6 is 0 Å². The van der Waals surface area contributed by atoms with E-state index in [0.29, 0.717) is 38.1 Å². The normalized spacial score (nSPS) is 14.5. The number of aryl methyl sites for hydroxylation is 1. The Morgan fingerprint density at radius 2 is 1.62 bits per heavy atom. The number of carbonyl (C=O) groups is 1. The zero-order valence-electron chi connectivity index (χ0n) is 14.6. The van der Waals surface area contributed by atoms with Gasteiger partial charge in [0.05, 0.1) is 0 Å². The minimum atomic E-state index is 0.0817. The van der Waals surface area contributed by atoms with Gasteiger partial charge in [-0.1, -0.05) is 41.5 Å². The van der Waals surface area contributed by atoms with Gasteiger partial charge in [-0.3, -0.25) is 4.79 Å². The highest BCUT2D eigenvalue weighted by atomic mass is 16.4. The van der Waals surface area contributed by atoms with E-state index in [-0.39, 0.29) is 5.91 Å². The topological polar surface area (TPSA) is 62.5 Å². The van der Waals surface area contributed by atoms with E-state index in [9.17, 15) is 4.79 Å². The molecule has 1 saturated heterocycles. The van der Waals surface area contributed by atoms with E-state index in [1.54, 1.807) is 0 Å². The van der Waals surface area contributed by atoms with Crippen LogP contribution in [0.15, 0.2) is 59.0 Å². The summed E-state index contributed by atoms with van der Waals surface area (Å²) in [6.07, 6.45) is 0. The first-order chi connectivity index (χ1) is 12.7. The van der Waals surface area contributed by atoms with Crippen LogP contribution in [0.3, 0.4) is 0 Å². The van der Waals surface area contributed by atoms with E-state index in [0.717, 1.165) is 16.7 Å². The number of carbonyl (C=O) groups excluding carboxylic acids is 1. The molecule has 0 spiro atoms. The largest absolute Gasteiger partial charge is 0.403 e. The van der Waals surface area contributed by atoms with Crippen LogP contribution in [0.2, 0.25) is 0 Å². The Labute approximate surface area is 152 Å². The van der Waals surface area contributed by atoms with Crippen LogP contribution in [0.25, 0.3) is 11.5 Å². The molecule has 0 radical (unpaired) electrons. The fourth-order valence-corrected chi connectivity index (χ4v) is 3.12. The average Bonchev–Trinajstić information content (AvgIpc) is 3.19. The summed E-state index contributed by atoms with van der Waals surface area (Å²) in [7, 11) is 0. The Bertz CT molecular complexity index is 899. The molecule has 132 valence electrons. The molecule has 0 saturated carbocycles. The zero-order chi connectivity index (χ0) is 17.9. The van der Waals surface area contributed by atoms with Crippen LogP contribution in [0.4, 0.5) is 6.01 Å². The highest BCUT2D eigenvalue weighted by Gasteiger charge is 2.25. The smallest absolute Gasteiger partial charge is 0.318 e.